The molecule has 1 aliphatic heterocycles. The number of likely N-dealkylation sites (N-methyl/N-ethyl adjacent to an activating group) is 1. The number of carboxylic acid groups (broad SMARTS) is 1. The van der Waals surface area contributed by atoms with Gasteiger partial charge in [0.15, 0.2) is 0 Å². The molecule has 1 fully saturated rings. The van der Waals surface area contributed by atoms with Gasteiger partial charge in [0.2, 0.25) is 11.8 Å². The summed E-state index contributed by atoms with van der Waals surface area (Å²) >= 11 is 0. The number of hydrogen-bond donors (Lipinski definition) is 3. The van der Waals surface area contributed by atoms with E-state index in [1.54, 1.807) is 0 Å². The number of primary amides is 1. The van der Waals surface area contributed by atoms with Crippen LogP contribution in [0.3, 0.4) is 0 Å². The molecule has 0 aromatic rings. The SMILES string of the molecule is CN1CCC[C@H]1C(=O)N[C@@H](CCC(N)=O)C(=O)O. The van der Waals surface area contributed by atoms with Gasteiger partial charge in [-0.15, -0.1) is 0 Å². The van der Waals surface area contributed by atoms with E-state index in [1.807, 2.05) is 11.9 Å². The van der Waals surface area contributed by atoms with Crippen molar-refractivity contribution in [2.75, 3.05) is 13.6 Å². The van der Waals surface area contributed by atoms with E-state index in [4.69, 9.17) is 10.8 Å². The predicted molar refractivity (Wildman–Crippen MR) is 63.6 cm³/mol. The van der Waals surface area contributed by atoms with Crippen molar-refractivity contribution in [3.05, 3.63) is 0 Å². The Hall–Kier alpha value is -1.63. The van der Waals surface area contributed by atoms with Gasteiger partial charge >= 0.3 is 5.97 Å². The first-order valence-corrected chi connectivity index (χ1v) is 5.93. The van der Waals surface area contributed by atoms with Crippen molar-refractivity contribution in [2.45, 2.75) is 37.8 Å². The highest BCUT2D eigenvalue weighted by atomic mass is 16.4. The quantitative estimate of drug-likeness (QED) is 0.560. The van der Waals surface area contributed by atoms with Crippen LogP contribution in [0.1, 0.15) is 25.7 Å². The molecule has 1 heterocycles. The van der Waals surface area contributed by atoms with E-state index in [9.17, 15) is 14.4 Å². The third-order valence-corrected chi connectivity index (χ3v) is 3.12. The zero-order valence-corrected chi connectivity index (χ0v) is 10.4. The highest BCUT2D eigenvalue weighted by Gasteiger charge is 2.30. The molecule has 0 aromatic heterocycles. The van der Waals surface area contributed by atoms with Gasteiger partial charge in [-0.2, -0.15) is 0 Å². The second-order valence-corrected chi connectivity index (χ2v) is 4.54. The summed E-state index contributed by atoms with van der Waals surface area (Å²) in [4.78, 5) is 35.4. The number of carbonyl (C=O) groups is 3. The van der Waals surface area contributed by atoms with E-state index in [-0.39, 0.29) is 24.8 Å². The average molecular weight is 257 g/mol. The summed E-state index contributed by atoms with van der Waals surface area (Å²) in [5, 5.41) is 11.4. The fourth-order valence-electron chi connectivity index (χ4n) is 2.05. The number of nitrogens with zero attached hydrogens (tertiary/aromatic N) is 1. The lowest BCUT2D eigenvalue weighted by Crippen LogP contribution is -2.48. The zero-order chi connectivity index (χ0) is 13.7. The molecule has 18 heavy (non-hydrogen) atoms. The van der Waals surface area contributed by atoms with E-state index < -0.39 is 17.9 Å². The monoisotopic (exact) mass is 257 g/mol. The molecule has 2 amide bonds. The molecule has 0 saturated carbocycles. The van der Waals surface area contributed by atoms with Crippen LogP contribution < -0.4 is 11.1 Å². The second-order valence-electron chi connectivity index (χ2n) is 4.54. The molecule has 7 heteroatoms. The van der Waals surface area contributed by atoms with Gasteiger partial charge in [0.25, 0.3) is 0 Å². The van der Waals surface area contributed by atoms with Crippen LogP contribution in [-0.4, -0.2) is 53.5 Å². The van der Waals surface area contributed by atoms with Gasteiger partial charge < -0.3 is 16.2 Å². The second kappa shape index (κ2) is 6.34. The number of amides is 2. The lowest BCUT2D eigenvalue weighted by atomic mass is 10.1. The number of carbonyl (C=O) groups excluding carboxylic acids is 2. The molecule has 1 aliphatic rings. The Labute approximate surface area is 105 Å². The van der Waals surface area contributed by atoms with Crippen molar-refractivity contribution < 1.29 is 19.5 Å². The molecular weight excluding hydrogens is 238 g/mol. The van der Waals surface area contributed by atoms with Crippen molar-refractivity contribution in [1.29, 1.82) is 0 Å². The van der Waals surface area contributed by atoms with E-state index in [1.165, 1.54) is 0 Å². The van der Waals surface area contributed by atoms with Crippen LogP contribution in [0, 0.1) is 0 Å². The Bertz CT molecular complexity index is 345. The Morgan fingerprint density at radius 2 is 2.17 bits per heavy atom. The lowest BCUT2D eigenvalue weighted by Gasteiger charge is -2.21. The van der Waals surface area contributed by atoms with Gasteiger partial charge in [-0.25, -0.2) is 4.79 Å². The lowest BCUT2D eigenvalue weighted by molar-refractivity contribution is -0.142. The smallest absolute Gasteiger partial charge is 0.326 e. The third kappa shape index (κ3) is 3.99. The largest absolute Gasteiger partial charge is 0.480 e. The Morgan fingerprint density at radius 1 is 1.50 bits per heavy atom. The minimum absolute atomic E-state index is 0.0207. The number of rotatable bonds is 6. The fourth-order valence-corrected chi connectivity index (χ4v) is 2.05. The molecule has 0 aromatic carbocycles. The van der Waals surface area contributed by atoms with Crippen molar-refractivity contribution in [3.8, 4) is 0 Å². The van der Waals surface area contributed by atoms with Gasteiger partial charge in [0.1, 0.15) is 6.04 Å². The minimum atomic E-state index is -1.15. The van der Waals surface area contributed by atoms with Crippen LogP contribution in [0.2, 0.25) is 0 Å². The molecular formula is C11H19N3O4. The molecule has 0 unspecified atom stereocenters. The van der Waals surface area contributed by atoms with Crippen LogP contribution >= 0.6 is 0 Å². The van der Waals surface area contributed by atoms with Gasteiger partial charge in [-0.05, 0) is 32.9 Å². The van der Waals surface area contributed by atoms with Gasteiger partial charge in [-0.1, -0.05) is 0 Å². The molecule has 102 valence electrons. The topological polar surface area (TPSA) is 113 Å². The van der Waals surface area contributed by atoms with E-state index >= 15 is 0 Å². The number of likely N-dealkylation sites (tertiary alicyclic amines) is 1. The van der Waals surface area contributed by atoms with Crippen LogP contribution in [0.5, 0.6) is 0 Å². The predicted octanol–water partition coefficient (Wildman–Crippen LogP) is -1.08. The first-order valence-electron chi connectivity index (χ1n) is 5.93. The molecule has 0 spiro atoms. The molecule has 2 atom stereocenters. The maximum atomic E-state index is 11.9. The number of nitrogens with two attached hydrogens (primary N) is 1. The van der Waals surface area contributed by atoms with Crippen molar-refractivity contribution in [2.24, 2.45) is 5.73 Å². The summed E-state index contributed by atoms with van der Waals surface area (Å²) in [6, 6.07) is -1.33. The third-order valence-electron chi connectivity index (χ3n) is 3.12. The van der Waals surface area contributed by atoms with E-state index in [0.29, 0.717) is 0 Å². The Kier molecular flexibility index (Phi) is 5.08. The molecule has 0 aliphatic carbocycles. The summed E-state index contributed by atoms with van der Waals surface area (Å²) in [5.74, 6) is -2.02. The van der Waals surface area contributed by atoms with Gasteiger partial charge in [-0.3, -0.25) is 14.5 Å². The molecule has 0 radical (unpaired) electrons. The van der Waals surface area contributed by atoms with Crippen molar-refractivity contribution >= 4 is 17.8 Å². The molecule has 7 nitrogen and oxygen atoms in total. The van der Waals surface area contributed by atoms with Gasteiger partial charge in [0, 0.05) is 6.42 Å². The number of aliphatic carboxylic acids is 1. The maximum absolute atomic E-state index is 11.9. The van der Waals surface area contributed by atoms with E-state index in [0.717, 1.165) is 19.4 Å². The molecule has 1 saturated heterocycles. The van der Waals surface area contributed by atoms with Crippen LogP contribution in [0.25, 0.3) is 0 Å². The van der Waals surface area contributed by atoms with E-state index in [2.05, 4.69) is 5.32 Å². The molecule has 0 bridgehead atoms. The summed E-state index contributed by atoms with van der Waals surface area (Å²) < 4.78 is 0. The van der Waals surface area contributed by atoms with Crippen LogP contribution in [0.15, 0.2) is 0 Å². The Balaban J connectivity index is 2.52. The number of carboxylic acids is 1. The van der Waals surface area contributed by atoms with Crippen molar-refractivity contribution in [1.82, 2.24) is 10.2 Å². The summed E-state index contributed by atoms with van der Waals surface area (Å²) in [6.45, 7) is 0.830. The molecule has 1 rings (SSSR count). The minimum Gasteiger partial charge on any atom is -0.480 e. The van der Waals surface area contributed by atoms with Crippen LogP contribution in [0.4, 0.5) is 0 Å². The zero-order valence-electron chi connectivity index (χ0n) is 10.4. The highest BCUT2D eigenvalue weighted by Crippen LogP contribution is 2.15. The van der Waals surface area contributed by atoms with Gasteiger partial charge in [0.05, 0.1) is 6.04 Å². The maximum Gasteiger partial charge on any atom is 0.326 e. The number of hydrogen-bond acceptors (Lipinski definition) is 4. The summed E-state index contributed by atoms with van der Waals surface area (Å²) in [5.41, 5.74) is 4.96. The summed E-state index contributed by atoms with van der Waals surface area (Å²) in [6.07, 6.45) is 1.61. The fraction of sp³-hybridized carbons (Fsp3) is 0.727. The normalized spacial score (nSPS) is 21.5. The average Bonchev–Trinajstić information content (AvgIpc) is 2.69. The van der Waals surface area contributed by atoms with Crippen molar-refractivity contribution in [3.63, 3.8) is 0 Å². The Morgan fingerprint density at radius 3 is 2.61 bits per heavy atom. The first-order chi connectivity index (χ1) is 8.41. The summed E-state index contributed by atoms with van der Waals surface area (Å²) in [7, 11) is 1.83. The number of nitrogens with one attached hydrogen (secondary N) is 1. The van der Waals surface area contributed by atoms with Crippen LogP contribution in [-0.2, 0) is 14.4 Å². The first kappa shape index (κ1) is 14.4. The standard InChI is InChI=1S/C11H19N3O4/c1-14-6-2-3-8(14)10(16)13-7(11(17)18)4-5-9(12)15/h7-8H,2-6H2,1H3,(H2,12,15)(H,13,16)(H,17,18)/t7-,8-/m0/s1. The molecule has 4 N–H and O–H groups in total. The highest BCUT2D eigenvalue weighted by molar-refractivity contribution is 5.87.